The van der Waals surface area contributed by atoms with Crippen molar-refractivity contribution in [1.82, 2.24) is 15.2 Å². The van der Waals surface area contributed by atoms with Crippen LogP contribution in [-0.4, -0.2) is 58.9 Å². The molecule has 2 aromatic rings. The number of hydrogen-bond donors (Lipinski definition) is 3. The second kappa shape index (κ2) is 9.09. The third-order valence-electron chi connectivity index (χ3n) is 7.92. The minimum atomic E-state index is -4.12. The second-order valence-corrected chi connectivity index (χ2v) is 10.4. The lowest BCUT2D eigenvalue weighted by molar-refractivity contribution is -0.137. The van der Waals surface area contributed by atoms with Crippen molar-refractivity contribution in [2.75, 3.05) is 25.4 Å². The van der Waals surface area contributed by atoms with E-state index in [9.17, 15) is 23.1 Å². The van der Waals surface area contributed by atoms with Crippen LogP contribution >= 0.6 is 0 Å². The first-order chi connectivity index (χ1) is 16.6. The Bertz CT molecular complexity index is 1080. The maximum Gasteiger partial charge on any atom is 0.390 e. The zero-order chi connectivity index (χ0) is 24.8. The molecule has 0 unspecified atom stereocenters. The normalized spacial score (nSPS) is 28.5. The largest absolute Gasteiger partial charge is 0.393 e. The van der Waals surface area contributed by atoms with Gasteiger partial charge in [-0.1, -0.05) is 24.3 Å². The number of benzene rings is 1. The monoisotopic (exact) mass is 488 g/mol. The Labute approximate surface area is 202 Å². The quantitative estimate of drug-likeness (QED) is 0.574. The number of alkyl halides is 3. The molecule has 1 aromatic carbocycles. The summed E-state index contributed by atoms with van der Waals surface area (Å²) in [7, 11) is 0. The summed E-state index contributed by atoms with van der Waals surface area (Å²) in [6, 6.07) is 9.82. The fourth-order valence-electron chi connectivity index (χ4n) is 5.78. The van der Waals surface area contributed by atoms with Crippen LogP contribution in [0.2, 0.25) is 0 Å². The van der Waals surface area contributed by atoms with Crippen LogP contribution in [0.1, 0.15) is 54.4 Å². The highest BCUT2D eigenvalue weighted by Crippen LogP contribution is 2.59. The lowest BCUT2D eigenvalue weighted by Gasteiger charge is -2.26. The summed E-state index contributed by atoms with van der Waals surface area (Å²) in [6.07, 6.45) is 0.294. The smallest absolute Gasteiger partial charge is 0.390 e. The number of carbonyl (C=O) groups excluding carboxylic acids is 1. The van der Waals surface area contributed by atoms with Gasteiger partial charge in [-0.25, -0.2) is 4.98 Å². The van der Waals surface area contributed by atoms with Crippen LogP contribution < -0.4 is 11.1 Å². The number of piperidine rings is 1. The van der Waals surface area contributed by atoms with E-state index in [0.29, 0.717) is 30.9 Å². The number of hydrogen-bond acceptors (Lipinski definition) is 5. The molecular weight excluding hydrogens is 457 g/mol. The van der Waals surface area contributed by atoms with E-state index >= 15 is 0 Å². The van der Waals surface area contributed by atoms with E-state index in [1.807, 2.05) is 29.2 Å². The number of nitrogens with two attached hydrogens (primary N) is 1. The minimum absolute atomic E-state index is 0.0149. The summed E-state index contributed by atoms with van der Waals surface area (Å²) >= 11 is 0. The highest BCUT2D eigenvalue weighted by atomic mass is 19.4. The van der Waals surface area contributed by atoms with Gasteiger partial charge in [0.1, 0.15) is 5.82 Å². The molecule has 9 heteroatoms. The Morgan fingerprint density at radius 2 is 1.89 bits per heavy atom. The Kier molecular flexibility index (Phi) is 6.25. The Morgan fingerprint density at radius 1 is 1.17 bits per heavy atom. The minimum Gasteiger partial charge on any atom is -0.393 e. The number of pyridine rings is 1. The molecule has 1 amide bonds. The molecular formula is C26H31F3N4O2. The van der Waals surface area contributed by atoms with Gasteiger partial charge in [-0.3, -0.25) is 4.79 Å². The van der Waals surface area contributed by atoms with E-state index in [0.717, 1.165) is 42.5 Å². The lowest BCUT2D eigenvalue weighted by atomic mass is 9.92. The molecule has 2 atom stereocenters. The SMILES string of the molecule is Nc1ncc(-c2ccc([C@]34C[C@H]3CN(CCC(F)(F)F)C4)cc2)cc1C(=O)NC1CCC(O)CC1. The second-order valence-electron chi connectivity index (χ2n) is 10.4. The van der Waals surface area contributed by atoms with Gasteiger partial charge in [-0.2, -0.15) is 13.2 Å². The van der Waals surface area contributed by atoms with Gasteiger partial charge in [0, 0.05) is 42.9 Å². The van der Waals surface area contributed by atoms with Crippen LogP contribution in [0.3, 0.4) is 0 Å². The van der Waals surface area contributed by atoms with Crippen LogP contribution in [0.4, 0.5) is 19.0 Å². The molecule has 3 fully saturated rings. The predicted octanol–water partition coefficient (Wildman–Crippen LogP) is 3.89. The number of aliphatic hydroxyl groups excluding tert-OH is 1. The molecule has 1 aliphatic heterocycles. The fraction of sp³-hybridized carbons (Fsp3) is 0.538. The van der Waals surface area contributed by atoms with Crippen molar-refractivity contribution in [2.45, 2.75) is 62.3 Å². The van der Waals surface area contributed by atoms with Crippen molar-refractivity contribution >= 4 is 11.7 Å². The number of carbonyl (C=O) groups is 1. The summed E-state index contributed by atoms with van der Waals surface area (Å²) in [6.45, 7) is 1.44. The van der Waals surface area contributed by atoms with Gasteiger partial charge in [0.15, 0.2) is 0 Å². The number of nitrogen functional groups attached to an aromatic ring is 1. The molecule has 6 nitrogen and oxygen atoms in total. The molecule has 0 radical (unpaired) electrons. The summed E-state index contributed by atoms with van der Waals surface area (Å²) in [5.74, 6) is 0.318. The molecule has 3 aliphatic rings. The maximum atomic E-state index is 12.9. The Hall–Kier alpha value is -2.65. The zero-order valence-corrected chi connectivity index (χ0v) is 19.5. The summed E-state index contributed by atoms with van der Waals surface area (Å²) in [4.78, 5) is 19.0. The third-order valence-corrected chi connectivity index (χ3v) is 7.92. The number of nitrogens with zero attached hydrogens (tertiary/aromatic N) is 2. The predicted molar refractivity (Wildman–Crippen MR) is 127 cm³/mol. The van der Waals surface area contributed by atoms with E-state index < -0.39 is 12.6 Å². The lowest BCUT2D eigenvalue weighted by Crippen LogP contribution is -2.38. The van der Waals surface area contributed by atoms with Crippen LogP contribution in [0.5, 0.6) is 0 Å². The van der Waals surface area contributed by atoms with Crippen molar-refractivity contribution in [2.24, 2.45) is 5.92 Å². The van der Waals surface area contributed by atoms with Crippen LogP contribution in [0.15, 0.2) is 36.5 Å². The van der Waals surface area contributed by atoms with Crippen molar-refractivity contribution < 1.29 is 23.1 Å². The molecule has 35 heavy (non-hydrogen) atoms. The summed E-state index contributed by atoms with van der Waals surface area (Å²) in [5.41, 5.74) is 9.12. The molecule has 5 rings (SSSR count). The average molecular weight is 489 g/mol. The number of amides is 1. The zero-order valence-electron chi connectivity index (χ0n) is 19.5. The van der Waals surface area contributed by atoms with E-state index in [1.165, 1.54) is 0 Å². The highest BCUT2D eigenvalue weighted by molar-refractivity contribution is 5.99. The molecule has 2 aliphatic carbocycles. The van der Waals surface area contributed by atoms with E-state index in [4.69, 9.17) is 5.73 Å². The van der Waals surface area contributed by atoms with Crippen LogP contribution in [0.25, 0.3) is 11.1 Å². The number of likely N-dealkylation sites (tertiary alicyclic amines) is 1. The number of aliphatic hydroxyl groups is 1. The van der Waals surface area contributed by atoms with Gasteiger partial charge in [0.25, 0.3) is 5.91 Å². The van der Waals surface area contributed by atoms with E-state index in [-0.39, 0.29) is 35.8 Å². The molecule has 2 heterocycles. The molecule has 1 aromatic heterocycles. The number of halogens is 3. The fourth-order valence-corrected chi connectivity index (χ4v) is 5.78. The standard InChI is InChI=1S/C26H31F3N4O2/c27-26(28,29)9-10-33-14-19-12-25(19,15-33)18-3-1-16(2-4-18)17-11-22(23(30)31-13-17)24(35)32-20-5-7-21(34)8-6-20/h1-4,11,13,19-21,34H,5-10,12,14-15H2,(H2,30,31)(H,32,35)/t19-,20?,21?,25+/m0/s1. The van der Waals surface area contributed by atoms with Gasteiger partial charge in [0.05, 0.1) is 18.1 Å². The third kappa shape index (κ3) is 5.16. The van der Waals surface area contributed by atoms with Crippen molar-refractivity contribution in [3.8, 4) is 11.1 Å². The molecule has 2 saturated carbocycles. The van der Waals surface area contributed by atoms with E-state index in [2.05, 4.69) is 10.3 Å². The summed E-state index contributed by atoms with van der Waals surface area (Å²) < 4.78 is 37.8. The molecule has 188 valence electrons. The first-order valence-electron chi connectivity index (χ1n) is 12.3. The molecule has 0 bridgehead atoms. The van der Waals surface area contributed by atoms with Gasteiger partial charge in [-0.05, 0) is 55.2 Å². The molecule has 1 saturated heterocycles. The van der Waals surface area contributed by atoms with Gasteiger partial charge in [-0.15, -0.1) is 0 Å². The number of aromatic nitrogens is 1. The van der Waals surface area contributed by atoms with Crippen molar-refractivity contribution in [3.05, 3.63) is 47.7 Å². The van der Waals surface area contributed by atoms with Crippen LogP contribution in [-0.2, 0) is 5.41 Å². The number of fused-ring (bicyclic) bond motifs is 1. The highest BCUT2D eigenvalue weighted by Gasteiger charge is 2.60. The van der Waals surface area contributed by atoms with Gasteiger partial charge in [0.2, 0.25) is 0 Å². The van der Waals surface area contributed by atoms with Gasteiger partial charge < -0.3 is 21.1 Å². The first-order valence-corrected chi connectivity index (χ1v) is 12.3. The molecule has 4 N–H and O–H groups in total. The Morgan fingerprint density at radius 3 is 2.57 bits per heavy atom. The number of anilines is 1. The first kappa shape index (κ1) is 24.1. The van der Waals surface area contributed by atoms with Crippen molar-refractivity contribution in [1.29, 1.82) is 0 Å². The number of rotatable bonds is 6. The average Bonchev–Trinajstić information content (AvgIpc) is 3.40. The Balaban J connectivity index is 1.26. The topological polar surface area (TPSA) is 91.5 Å². The van der Waals surface area contributed by atoms with Crippen molar-refractivity contribution in [3.63, 3.8) is 0 Å². The summed E-state index contributed by atoms with van der Waals surface area (Å²) in [5, 5.41) is 12.7. The van der Waals surface area contributed by atoms with E-state index in [1.54, 1.807) is 12.3 Å². The molecule has 0 spiro atoms. The maximum absolute atomic E-state index is 12.9. The van der Waals surface area contributed by atoms with Gasteiger partial charge >= 0.3 is 6.18 Å². The van der Waals surface area contributed by atoms with Crippen LogP contribution in [0, 0.1) is 5.92 Å². The number of nitrogens with one attached hydrogen (secondary N) is 1.